The maximum absolute atomic E-state index is 12.2. The number of carbonyl (C=O) groups excluding carboxylic acids is 2. The summed E-state index contributed by atoms with van der Waals surface area (Å²) in [5, 5.41) is 5.90. The van der Waals surface area contributed by atoms with E-state index in [4.69, 9.17) is 5.73 Å². The van der Waals surface area contributed by atoms with Gasteiger partial charge in [-0.3, -0.25) is 4.79 Å². The van der Waals surface area contributed by atoms with E-state index in [1.54, 1.807) is 6.20 Å². The molecule has 3 amide bonds. The summed E-state index contributed by atoms with van der Waals surface area (Å²) in [4.78, 5) is 28.5. The number of rotatable bonds is 5. The van der Waals surface area contributed by atoms with Crippen molar-refractivity contribution in [3.8, 4) is 0 Å². The van der Waals surface area contributed by atoms with Crippen molar-refractivity contribution in [3.05, 3.63) is 46.5 Å². The van der Waals surface area contributed by atoms with Gasteiger partial charge >= 0.3 is 6.03 Å². The molecular weight excluding hydrogens is 300 g/mol. The van der Waals surface area contributed by atoms with Crippen molar-refractivity contribution in [3.63, 3.8) is 0 Å². The fourth-order valence-corrected chi connectivity index (χ4v) is 2.84. The van der Waals surface area contributed by atoms with Crippen LogP contribution in [0.4, 0.5) is 9.93 Å². The fraction of sp³-hybridized carbons (Fsp3) is 0.267. The Bertz CT molecular complexity index is 684. The maximum atomic E-state index is 12.2. The van der Waals surface area contributed by atoms with Crippen molar-refractivity contribution in [2.45, 2.75) is 26.3 Å². The largest absolute Gasteiger partial charge is 0.352 e. The van der Waals surface area contributed by atoms with E-state index in [1.807, 2.05) is 38.1 Å². The van der Waals surface area contributed by atoms with E-state index in [2.05, 4.69) is 15.6 Å². The summed E-state index contributed by atoms with van der Waals surface area (Å²) < 4.78 is 0. The van der Waals surface area contributed by atoms with E-state index in [0.29, 0.717) is 5.13 Å². The lowest BCUT2D eigenvalue weighted by molar-refractivity contribution is -0.116. The van der Waals surface area contributed by atoms with Crippen LogP contribution in [0.2, 0.25) is 0 Å². The number of aromatic nitrogens is 1. The van der Waals surface area contributed by atoms with Crippen LogP contribution in [-0.4, -0.2) is 16.9 Å². The van der Waals surface area contributed by atoms with Crippen molar-refractivity contribution in [1.82, 2.24) is 10.3 Å². The number of amides is 3. The molecule has 22 heavy (non-hydrogen) atoms. The van der Waals surface area contributed by atoms with Gasteiger partial charge in [0.1, 0.15) is 0 Å². The molecule has 0 aliphatic carbocycles. The molecule has 116 valence electrons. The van der Waals surface area contributed by atoms with E-state index in [1.165, 1.54) is 11.3 Å². The van der Waals surface area contributed by atoms with Gasteiger partial charge in [0.25, 0.3) is 0 Å². The summed E-state index contributed by atoms with van der Waals surface area (Å²) in [7, 11) is 0. The number of hydrogen-bond donors (Lipinski definition) is 3. The SMILES string of the molecule is Cc1cnc(NC(=O)C[C@@H](NC(N)=O)c2ccccc2C)s1. The number of nitrogens with two attached hydrogens (primary N) is 1. The average Bonchev–Trinajstić information content (AvgIpc) is 2.83. The summed E-state index contributed by atoms with van der Waals surface area (Å²) in [6.45, 7) is 3.84. The van der Waals surface area contributed by atoms with E-state index in [9.17, 15) is 9.59 Å². The number of nitrogens with zero attached hydrogens (tertiary/aromatic N) is 1. The van der Waals surface area contributed by atoms with E-state index in [0.717, 1.165) is 16.0 Å². The van der Waals surface area contributed by atoms with Gasteiger partial charge in [-0.25, -0.2) is 9.78 Å². The number of urea groups is 1. The number of carbonyl (C=O) groups is 2. The maximum Gasteiger partial charge on any atom is 0.312 e. The van der Waals surface area contributed by atoms with Crippen LogP contribution in [0.25, 0.3) is 0 Å². The van der Waals surface area contributed by atoms with Gasteiger partial charge < -0.3 is 16.4 Å². The van der Waals surface area contributed by atoms with Crippen molar-refractivity contribution in [2.24, 2.45) is 5.73 Å². The van der Waals surface area contributed by atoms with Crippen LogP contribution in [0.3, 0.4) is 0 Å². The zero-order valence-electron chi connectivity index (χ0n) is 12.4. The summed E-state index contributed by atoms with van der Waals surface area (Å²) >= 11 is 1.40. The minimum Gasteiger partial charge on any atom is -0.352 e. The lowest BCUT2D eigenvalue weighted by Gasteiger charge is -2.19. The molecule has 0 bridgehead atoms. The second kappa shape index (κ2) is 7.04. The Balaban J connectivity index is 2.11. The molecule has 1 heterocycles. The first-order valence-electron chi connectivity index (χ1n) is 6.79. The lowest BCUT2D eigenvalue weighted by Crippen LogP contribution is -2.35. The van der Waals surface area contributed by atoms with Crippen LogP contribution in [-0.2, 0) is 4.79 Å². The van der Waals surface area contributed by atoms with Crippen molar-refractivity contribution >= 4 is 28.4 Å². The second-order valence-electron chi connectivity index (χ2n) is 4.95. The molecule has 6 nitrogen and oxygen atoms in total. The van der Waals surface area contributed by atoms with Gasteiger partial charge in [-0.1, -0.05) is 24.3 Å². The smallest absolute Gasteiger partial charge is 0.312 e. The first kappa shape index (κ1) is 16.0. The van der Waals surface area contributed by atoms with Crippen LogP contribution in [0.15, 0.2) is 30.5 Å². The average molecular weight is 318 g/mol. The minimum atomic E-state index is -0.661. The number of thiazole rings is 1. The molecule has 2 rings (SSSR count). The molecule has 0 fully saturated rings. The van der Waals surface area contributed by atoms with Gasteiger partial charge in [-0.05, 0) is 25.0 Å². The second-order valence-corrected chi connectivity index (χ2v) is 6.18. The molecule has 0 unspecified atom stereocenters. The number of aryl methyl sites for hydroxylation is 2. The van der Waals surface area contributed by atoms with E-state index < -0.39 is 12.1 Å². The highest BCUT2D eigenvalue weighted by Crippen LogP contribution is 2.22. The molecular formula is C15H18N4O2S. The molecule has 0 radical (unpaired) electrons. The minimum absolute atomic E-state index is 0.0897. The monoisotopic (exact) mass is 318 g/mol. The summed E-state index contributed by atoms with van der Waals surface area (Å²) in [6, 6.07) is 6.42. The summed E-state index contributed by atoms with van der Waals surface area (Å²) in [5.41, 5.74) is 7.07. The molecule has 1 aromatic carbocycles. The normalized spacial score (nSPS) is 11.7. The highest BCUT2D eigenvalue weighted by Gasteiger charge is 2.19. The Morgan fingerprint density at radius 1 is 1.32 bits per heavy atom. The van der Waals surface area contributed by atoms with E-state index in [-0.39, 0.29) is 12.3 Å². The highest BCUT2D eigenvalue weighted by atomic mass is 32.1. The molecule has 0 saturated carbocycles. The van der Waals surface area contributed by atoms with Crippen molar-refractivity contribution < 1.29 is 9.59 Å². The molecule has 1 aromatic heterocycles. The van der Waals surface area contributed by atoms with Crippen LogP contribution in [0, 0.1) is 13.8 Å². The lowest BCUT2D eigenvalue weighted by atomic mass is 9.98. The van der Waals surface area contributed by atoms with Crippen LogP contribution in [0.1, 0.15) is 28.5 Å². The van der Waals surface area contributed by atoms with Crippen LogP contribution < -0.4 is 16.4 Å². The number of primary amides is 1. The number of hydrogen-bond acceptors (Lipinski definition) is 4. The summed E-state index contributed by atoms with van der Waals surface area (Å²) in [6.07, 6.45) is 1.78. The molecule has 0 aliphatic rings. The molecule has 4 N–H and O–H groups in total. The Hall–Kier alpha value is -2.41. The number of benzene rings is 1. The first-order valence-corrected chi connectivity index (χ1v) is 7.61. The van der Waals surface area contributed by atoms with Crippen molar-refractivity contribution in [2.75, 3.05) is 5.32 Å². The molecule has 1 atom stereocenters. The van der Waals surface area contributed by atoms with Gasteiger partial charge in [0, 0.05) is 11.1 Å². The van der Waals surface area contributed by atoms with Gasteiger partial charge in [0.2, 0.25) is 5.91 Å². The van der Waals surface area contributed by atoms with Gasteiger partial charge in [0.05, 0.1) is 12.5 Å². The summed E-state index contributed by atoms with van der Waals surface area (Å²) in [5.74, 6) is -0.226. The zero-order chi connectivity index (χ0) is 16.1. The van der Waals surface area contributed by atoms with Gasteiger partial charge in [-0.2, -0.15) is 0 Å². The molecule has 0 saturated heterocycles. The third kappa shape index (κ3) is 4.29. The first-order chi connectivity index (χ1) is 10.5. The third-order valence-corrected chi connectivity index (χ3v) is 3.97. The predicted octanol–water partition coefficient (Wildman–Crippen LogP) is 2.50. The molecule has 0 aliphatic heterocycles. The van der Waals surface area contributed by atoms with Gasteiger partial charge in [0.15, 0.2) is 5.13 Å². The third-order valence-electron chi connectivity index (χ3n) is 3.14. The molecule has 7 heteroatoms. The predicted molar refractivity (Wildman–Crippen MR) is 86.7 cm³/mol. The Morgan fingerprint density at radius 3 is 2.64 bits per heavy atom. The number of anilines is 1. The number of nitrogens with one attached hydrogen (secondary N) is 2. The fourth-order valence-electron chi connectivity index (χ4n) is 2.16. The standard InChI is InChI=1S/C15H18N4O2S/c1-9-5-3-4-6-11(9)12(18-14(16)21)7-13(20)19-15-17-8-10(2)22-15/h3-6,8,12H,7H2,1-2H3,(H3,16,18,21)(H,17,19,20)/t12-/m1/s1. The quantitative estimate of drug-likeness (QED) is 0.790. The van der Waals surface area contributed by atoms with Crippen LogP contribution in [0.5, 0.6) is 0 Å². The topological polar surface area (TPSA) is 97.1 Å². The Kier molecular flexibility index (Phi) is 5.11. The van der Waals surface area contributed by atoms with Crippen molar-refractivity contribution in [1.29, 1.82) is 0 Å². The Morgan fingerprint density at radius 2 is 2.05 bits per heavy atom. The highest BCUT2D eigenvalue weighted by molar-refractivity contribution is 7.15. The Labute approximate surface area is 132 Å². The molecule has 0 spiro atoms. The zero-order valence-corrected chi connectivity index (χ0v) is 13.2. The van der Waals surface area contributed by atoms with E-state index >= 15 is 0 Å². The van der Waals surface area contributed by atoms with Gasteiger partial charge in [-0.15, -0.1) is 11.3 Å². The van der Waals surface area contributed by atoms with Crippen LogP contribution >= 0.6 is 11.3 Å². The molecule has 2 aromatic rings.